The van der Waals surface area contributed by atoms with Crippen LogP contribution in [0.2, 0.25) is 5.02 Å². The van der Waals surface area contributed by atoms with E-state index < -0.39 is 5.60 Å². The molecule has 6 rings (SSSR count). The minimum Gasteiger partial charge on any atom is -0.444 e. The molecular formula is C31H38ClN5O4. The third kappa shape index (κ3) is 6.21. The van der Waals surface area contributed by atoms with E-state index in [1.54, 1.807) is 11.1 Å². The first kappa shape index (κ1) is 28.0. The molecule has 3 aromatic rings. The summed E-state index contributed by atoms with van der Waals surface area (Å²) in [6.07, 6.45) is 6.86. The molecule has 1 unspecified atom stereocenters. The molecule has 2 saturated heterocycles. The Hall–Kier alpha value is -3.17. The summed E-state index contributed by atoms with van der Waals surface area (Å²) >= 11 is 6.60. The van der Waals surface area contributed by atoms with E-state index in [-0.39, 0.29) is 17.9 Å². The lowest BCUT2D eigenvalue weighted by Crippen LogP contribution is -2.36. The van der Waals surface area contributed by atoms with E-state index in [0.29, 0.717) is 41.7 Å². The number of fused-ring (bicyclic) bond motifs is 2. The van der Waals surface area contributed by atoms with Crippen LogP contribution in [0, 0.1) is 23.7 Å². The first-order valence-electron chi connectivity index (χ1n) is 14.6. The van der Waals surface area contributed by atoms with Gasteiger partial charge in [-0.3, -0.25) is 4.79 Å². The van der Waals surface area contributed by atoms with E-state index in [1.807, 2.05) is 45.3 Å². The highest BCUT2D eigenvalue weighted by Crippen LogP contribution is 2.42. The summed E-state index contributed by atoms with van der Waals surface area (Å²) in [4.78, 5) is 36.5. The van der Waals surface area contributed by atoms with Crippen LogP contribution in [-0.4, -0.2) is 63.3 Å². The summed E-state index contributed by atoms with van der Waals surface area (Å²) in [5.41, 5.74) is 3.25. The number of aromatic nitrogens is 3. The van der Waals surface area contributed by atoms with Crippen LogP contribution in [0.3, 0.4) is 0 Å². The van der Waals surface area contributed by atoms with E-state index in [2.05, 4.69) is 25.9 Å². The number of ether oxygens (including phenoxy) is 2. The average molecular weight is 580 g/mol. The molecule has 41 heavy (non-hydrogen) atoms. The lowest BCUT2D eigenvalue weighted by atomic mass is 10.00. The Balaban J connectivity index is 1.12. The normalized spacial score (nSPS) is 23.1. The summed E-state index contributed by atoms with van der Waals surface area (Å²) in [5, 5.41) is 3.55. The fourth-order valence-electron chi connectivity index (χ4n) is 6.52. The number of halogens is 1. The quantitative estimate of drug-likeness (QED) is 0.397. The molecule has 3 fully saturated rings. The summed E-state index contributed by atoms with van der Waals surface area (Å²) in [6.45, 7) is 9.45. The molecule has 2 aromatic heterocycles. The number of hydrogen-bond acceptors (Lipinski definition) is 6. The molecule has 0 radical (unpaired) electrons. The fourth-order valence-corrected chi connectivity index (χ4v) is 6.74. The van der Waals surface area contributed by atoms with Gasteiger partial charge in [-0.05, 0) is 88.0 Å². The fraction of sp³-hybridized carbons (Fsp3) is 0.548. The van der Waals surface area contributed by atoms with Crippen molar-refractivity contribution in [2.24, 2.45) is 23.7 Å². The highest BCUT2D eigenvalue weighted by atomic mass is 35.5. The van der Waals surface area contributed by atoms with Crippen molar-refractivity contribution in [2.45, 2.75) is 58.6 Å². The molecule has 10 heteroatoms. The number of nitrogens with zero attached hydrogens (tertiary/aromatic N) is 4. The number of hydrogen-bond donors (Lipinski definition) is 1. The number of amides is 2. The molecular weight excluding hydrogens is 542 g/mol. The molecule has 9 nitrogen and oxygen atoms in total. The predicted octanol–water partition coefficient (Wildman–Crippen LogP) is 6.01. The number of carbonyl (C=O) groups excluding carboxylic acids is 2. The van der Waals surface area contributed by atoms with Gasteiger partial charge in [-0.15, -0.1) is 0 Å². The predicted molar refractivity (Wildman–Crippen MR) is 158 cm³/mol. The van der Waals surface area contributed by atoms with Crippen molar-refractivity contribution in [3.05, 3.63) is 41.8 Å². The first-order valence-corrected chi connectivity index (χ1v) is 15.0. The Kier molecular flexibility index (Phi) is 7.68. The third-order valence-corrected chi connectivity index (χ3v) is 8.91. The Morgan fingerprint density at radius 1 is 1.10 bits per heavy atom. The molecule has 0 bridgehead atoms. The summed E-state index contributed by atoms with van der Waals surface area (Å²) in [6, 6.07) is 7.98. The summed E-state index contributed by atoms with van der Waals surface area (Å²) in [7, 11) is 0. The maximum absolute atomic E-state index is 13.2. The molecule has 3 atom stereocenters. The third-order valence-electron chi connectivity index (χ3n) is 8.61. The Morgan fingerprint density at radius 3 is 2.54 bits per heavy atom. The maximum Gasteiger partial charge on any atom is 0.410 e. The van der Waals surface area contributed by atoms with E-state index in [4.69, 9.17) is 21.1 Å². The molecule has 1 aromatic carbocycles. The number of likely N-dealkylation sites (tertiary alicyclic amines) is 1. The standard InChI is InChI=1S/C31H38ClN5O4/c1-31(2,3)41-30(39)36-16-22-10-21(11-23(22)17-36)29(38)35-28-13-24(25(32)14-33-28)20-4-5-26-27(12-20)37(18-34-26)15-19-6-8-40-9-7-19/h4-5,12-14,18-19,21-23H,6-11,15-17H2,1-3H3,(H,33,35,38)/t21?,22-,23+. The largest absolute Gasteiger partial charge is 0.444 e. The van der Waals surface area contributed by atoms with Gasteiger partial charge in [0.25, 0.3) is 0 Å². The number of carbonyl (C=O) groups is 2. The van der Waals surface area contributed by atoms with Gasteiger partial charge in [0.2, 0.25) is 5.91 Å². The Bertz CT molecular complexity index is 1430. The average Bonchev–Trinajstić information content (AvgIpc) is 3.63. The maximum atomic E-state index is 13.2. The zero-order valence-corrected chi connectivity index (χ0v) is 24.7. The van der Waals surface area contributed by atoms with Crippen molar-refractivity contribution >= 4 is 40.5 Å². The molecule has 3 aliphatic rings. The van der Waals surface area contributed by atoms with Crippen molar-refractivity contribution in [3.63, 3.8) is 0 Å². The SMILES string of the molecule is CC(C)(C)OC(=O)N1C[C@H]2CC(C(=O)Nc3cc(-c4ccc5ncn(CC6CCOCC6)c5c4)c(Cl)cn3)C[C@H]2C1. The zero-order valence-electron chi connectivity index (χ0n) is 23.9. The highest BCUT2D eigenvalue weighted by molar-refractivity contribution is 6.33. The van der Waals surface area contributed by atoms with Crippen LogP contribution in [0.4, 0.5) is 10.6 Å². The molecule has 0 spiro atoms. The van der Waals surface area contributed by atoms with Crippen molar-refractivity contribution in [1.82, 2.24) is 19.4 Å². The van der Waals surface area contributed by atoms with Crippen LogP contribution in [0.1, 0.15) is 46.5 Å². The van der Waals surface area contributed by atoms with Crippen molar-refractivity contribution in [3.8, 4) is 11.1 Å². The van der Waals surface area contributed by atoms with Crippen LogP contribution >= 0.6 is 11.6 Å². The highest BCUT2D eigenvalue weighted by Gasteiger charge is 2.45. The van der Waals surface area contributed by atoms with E-state index in [9.17, 15) is 9.59 Å². The molecule has 1 aliphatic carbocycles. The van der Waals surface area contributed by atoms with Crippen LogP contribution in [-0.2, 0) is 20.8 Å². The number of imidazole rings is 1. The minimum atomic E-state index is -0.515. The van der Waals surface area contributed by atoms with Gasteiger partial charge >= 0.3 is 6.09 Å². The monoisotopic (exact) mass is 579 g/mol. The van der Waals surface area contributed by atoms with Crippen LogP contribution in [0.5, 0.6) is 0 Å². The number of rotatable bonds is 5. The lowest BCUT2D eigenvalue weighted by Gasteiger charge is -2.25. The van der Waals surface area contributed by atoms with Gasteiger partial charge < -0.3 is 24.3 Å². The van der Waals surface area contributed by atoms with E-state index in [0.717, 1.165) is 67.6 Å². The van der Waals surface area contributed by atoms with Crippen LogP contribution < -0.4 is 5.32 Å². The first-order chi connectivity index (χ1) is 19.6. The van der Waals surface area contributed by atoms with Crippen LogP contribution in [0.15, 0.2) is 36.8 Å². The van der Waals surface area contributed by atoms with Gasteiger partial charge in [0, 0.05) is 50.5 Å². The lowest BCUT2D eigenvalue weighted by molar-refractivity contribution is -0.119. The van der Waals surface area contributed by atoms with Gasteiger partial charge in [0.1, 0.15) is 11.4 Å². The molecule has 1 N–H and O–H groups in total. The number of benzene rings is 1. The Labute approximate surface area is 245 Å². The second kappa shape index (κ2) is 11.2. The smallest absolute Gasteiger partial charge is 0.410 e. The summed E-state index contributed by atoms with van der Waals surface area (Å²) in [5.74, 6) is 1.54. The van der Waals surface area contributed by atoms with Crippen LogP contribution in [0.25, 0.3) is 22.2 Å². The van der Waals surface area contributed by atoms with Crippen molar-refractivity contribution in [2.75, 3.05) is 31.6 Å². The van der Waals surface area contributed by atoms with Gasteiger partial charge in [-0.2, -0.15) is 0 Å². The number of pyridine rings is 1. The van der Waals surface area contributed by atoms with Gasteiger partial charge in [-0.1, -0.05) is 17.7 Å². The molecule has 2 aliphatic heterocycles. The zero-order chi connectivity index (χ0) is 28.7. The number of nitrogens with one attached hydrogen (secondary N) is 1. The van der Waals surface area contributed by atoms with Gasteiger partial charge in [-0.25, -0.2) is 14.8 Å². The molecule has 4 heterocycles. The second-order valence-electron chi connectivity index (χ2n) is 12.8. The van der Waals surface area contributed by atoms with Gasteiger partial charge in [0.15, 0.2) is 0 Å². The van der Waals surface area contributed by atoms with Crippen molar-refractivity contribution in [1.29, 1.82) is 0 Å². The topological polar surface area (TPSA) is 98.6 Å². The summed E-state index contributed by atoms with van der Waals surface area (Å²) < 4.78 is 13.3. The molecule has 2 amide bonds. The van der Waals surface area contributed by atoms with E-state index in [1.165, 1.54) is 0 Å². The van der Waals surface area contributed by atoms with Crippen molar-refractivity contribution < 1.29 is 19.1 Å². The van der Waals surface area contributed by atoms with E-state index >= 15 is 0 Å². The molecule has 1 saturated carbocycles. The number of anilines is 1. The molecule has 218 valence electrons. The van der Waals surface area contributed by atoms with Gasteiger partial charge in [0.05, 0.1) is 22.4 Å². The Morgan fingerprint density at radius 2 is 1.83 bits per heavy atom. The second-order valence-corrected chi connectivity index (χ2v) is 13.2. The minimum absolute atomic E-state index is 0.0334.